The van der Waals surface area contributed by atoms with Gasteiger partial charge in [-0.05, 0) is 53.9 Å². The van der Waals surface area contributed by atoms with Gasteiger partial charge >= 0.3 is 0 Å². The van der Waals surface area contributed by atoms with E-state index in [9.17, 15) is 4.79 Å². The molecule has 1 amide bonds. The molecule has 6 heteroatoms. The molecule has 3 aromatic carbocycles. The zero-order valence-corrected chi connectivity index (χ0v) is 18.3. The zero-order chi connectivity index (χ0) is 22.1. The average Bonchev–Trinajstić information content (AvgIpc) is 2.80. The number of aliphatic imine (C=N–C) groups is 1. The molecule has 0 aliphatic rings. The number of nitrogens with zero attached hydrogens (tertiary/aromatic N) is 1. The van der Waals surface area contributed by atoms with Crippen molar-refractivity contribution < 1.29 is 9.53 Å². The second-order valence-corrected chi connectivity index (χ2v) is 7.29. The van der Waals surface area contributed by atoms with Gasteiger partial charge in [0.1, 0.15) is 5.75 Å². The first-order valence-electron chi connectivity index (χ1n) is 10.5. The Morgan fingerprint density at radius 3 is 2.58 bits per heavy atom. The second-order valence-electron chi connectivity index (χ2n) is 7.29. The van der Waals surface area contributed by atoms with Crippen LogP contribution in [0, 0.1) is 0 Å². The fourth-order valence-corrected chi connectivity index (χ4v) is 3.29. The number of fused-ring (bicyclic) bond motifs is 1. The standard InChI is InChI=1S/C25H30N4O2/c1-4-27-24(30)17-31-23-11-7-8-19(14-23)16-28-25(26-3)29-18(2)21-13-12-20-9-5-6-10-22(20)15-21/h5-15,18H,4,16-17H2,1-3H3,(H,27,30)(H2,26,28,29). The summed E-state index contributed by atoms with van der Waals surface area (Å²) in [6.07, 6.45) is 0. The van der Waals surface area contributed by atoms with Crippen LogP contribution in [0.25, 0.3) is 10.8 Å². The molecule has 1 atom stereocenters. The molecule has 0 aliphatic heterocycles. The Balaban J connectivity index is 1.56. The zero-order valence-electron chi connectivity index (χ0n) is 18.3. The molecule has 3 rings (SSSR count). The van der Waals surface area contributed by atoms with Crippen LogP contribution in [-0.2, 0) is 11.3 Å². The number of guanidine groups is 1. The maximum absolute atomic E-state index is 11.6. The van der Waals surface area contributed by atoms with Crippen LogP contribution in [0.15, 0.2) is 71.7 Å². The van der Waals surface area contributed by atoms with Gasteiger partial charge in [-0.2, -0.15) is 0 Å². The number of amides is 1. The first-order valence-corrected chi connectivity index (χ1v) is 10.5. The highest BCUT2D eigenvalue weighted by molar-refractivity contribution is 5.84. The molecule has 0 saturated carbocycles. The first kappa shape index (κ1) is 22.2. The quantitative estimate of drug-likeness (QED) is 0.384. The summed E-state index contributed by atoms with van der Waals surface area (Å²) in [7, 11) is 1.76. The van der Waals surface area contributed by atoms with Crippen LogP contribution in [0.2, 0.25) is 0 Å². The summed E-state index contributed by atoms with van der Waals surface area (Å²) in [5, 5.41) is 12.0. The fraction of sp³-hybridized carbons (Fsp3) is 0.280. The number of ether oxygens (including phenoxy) is 1. The minimum absolute atomic E-state index is 0.0111. The van der Waals surface area contributed by atoms with Crippen molar-refractivity contribution >= 4 is 22.6 Å². The minimum Gasteiger partial charge on any atom is -0.484 e. The summed E-state index contributed by atoms with van der Waals surface area (Å²) in [6.45, 7) is 5.19. The Bertz CT molecular complexity index is 1050. The Labute approximate surface area is 183 Å². The highest BCUT2D eigenvalue weighted by Gasteiger charge is 2.09. The van der Waals surface area contributed by atoms with Gasteiger partial charge in [-0.25, -0.2) is 0 Å². The van der Waals surface area contributed by atoms with Crippen LogP contribution in [0.5, 0.6) is 5.75 Å². The van der Waals surface area contributed by atoms with Crippen molar-refractivity contribution in [3.05, 3.63) is 77.9 Å². The summed E-state index contributed by atoms with van der Waals surface area (Å²) < 4.78 is 5.57. The van der Waals surface area contributed by atoms with Gasteiger partial charge in [-0.1, -0.05) is 48.5 Å². The Hall–Kier alpha value is -3.54. The van der Waals surface area contributed by atoms with E-state index in [-0.39, 0.29) is 18.6 Å². The molecule has 0 radical (unpaired) electrons. The molecular formula is C25H30N4O2. The molecule has 1 unspecified atom stereocenters. The van der Waals surface area contributed by atoms with Crippen molar-refractivity contribution in [3.8, 4) is 5.75 Å². The molecule has 3 N–H and O–H groups in total. The number of benzene rings is 3. The number of likely N-dealkylation sites (N-methyl/N-ethyl adjacent to an activating group) is 1. The molecule has 0 fully saturated rings. The third kappa shape index (κ3) is 6.47. The van der Waals surface area contributed by atoms with Crippen LogP contribution in [-0.4, -0.2) is 32.1 Å². The minimum atomic E-state index is -0.127. The highest BCUT2D eigenvalue weighted by Crippen LogP contribution is 2.20. The number of carbonyl (C=O) groups is 1. The number of nitrogens with one attached hydrogen (secondary N) is 3. The SMILES string of the molecule is CCNC(=O)COc1cccc(CNC(=NC)NC(C)c2ccc3ccccc3c2)c1. The molecule has 3 aromatic rings. The van der Waals surface area contributed by atoms with Gasteiger partial charge in [0.2, 0.25) is 0 Å². The topological polar surface area (TPSA) is 74.8 Å². The van der Waals surface area contributed by atoms with E-state index in [2.05, 4.69) is 70.3 Å². The van der Waals surface area contributed by atoms with Gasteiger partial charge in [0.05, 0.1) is 6.04 Å². The van der Waals surface area contributed by atoms with Gasteiger partial charge in [0.15, 0.2) is 12.6 Å². The van der Waals surface area contributed by atoms with Crippen molar-refractivity contribution in [1.29, 1.82) is 0 Å². The summed E-state index contributed by atoms with van der Waals surface area (Å²) in [5.41, 5.74) is 2.23. The second kappa shape index (κ2) is 11.0. The van der Waals surface area contributed by atoms with Crippen LogP contribution in [0.3, 0.4) is 0 Å². The van der Waals surface area contributed by atoms with Gasteiger partial charge in [-0.3, -0.25) is 9.79 Å². The maximum Gasteiger partial charge on any atom is 0.257 e. The average molecular weight is 419 g/mol. The fourth-order valence-electron chi connectivity index (χ4n) is 3.29. The van der Waals surface area contributed by atoms with Crippen LogP contribution in [0.1, 0.15) is 31.0 Å². The van der Waals surface area contributed by atoms with Crippen molar-refractivity contribution in [1.82, 2.24) is 16.0 Å². The van der Waals surface area contributed by atoms with Gasteiger partial charge in [0, 0.05) is 20.1 Å². The summed E-state index contributed by atoms with van der Waals surface area (Å²) >= 11 is 0. The number of rotatable bonds is 8. The molecule has 0 saturated heterocycles. The summed E-state index contributed by atoms with van der Waals surface area (Å²) in [6, 6.07) is 22.6. The lowest BCUT2D eigenvalue weighted by atomic mass is 10.0. The third-order valence-corrected chi connectivity index (χ3v) is 4.95. The number of hydrogen-bond acceptors (Lipinski definition) is 3. The van der Waals surface area contributed by atoms with Crippen molar-refractivity contribution in [2.75, 3.05) is 20.2 Å². The normalized spacial score (nSPS) is 12.3. The molecule has 0 bridgehead atoms. The Morgan fingerprint density at radius 2 is 1.81 bits per heavy atom. The lowest BCUT2D eigenvalue weighted by molar-refractivity contribution is -0.122. The predicted octanol–water partition coefficient (Wildman–Crippen LogP) is 3.78. The molecule has 0 heterocycles. The summed E-state index contributed by atoms with van der Waals surface area (Å²) in [5.74, 6) is 1.26. The molecule has 0 aromatic heterocycles. The largest absolute Gasteiger partial charge is 0.484 e. The lowest BCUT2D eigenvalue weighted by Crippen LogP contribution is -2.38. The maximum atomic E-state index is 11.6. The van der Waals surface area contributed by atoms with E-state index in [0.717, 1.165) is 5.56 Å². The van der Waals surface area contributed by atoms with Crippen molar-refractivity contribution in [2.45, 2.75) is 26.4 Å². The van der Waals surface area contributed by atoms with Gasteiger partial charge in [0.25, 0.3) is 5.91 Å². The predicted molar refractivity (Wildman–Crippen MR) is 126 cm³/mol. The molecule has 31 heavy (non-hydrogen) atoms. The van der Waals surface area contributed by atoms with Gasteiger partial charge < -0.3 is 20.7 Å². The van der Waals surface area contributed by atoms with E-state index < -0.39 is 0 Å². The third-order valence-electron chi connectivity index (χ3n) is 4.95. The van der Waals surface area contributed by atoms with Crippen LogP contribution >= 0.6 is 0 Å². The summed E-state index contributed by atoms with van der Waals surface area (Å²) in [4.78, 5) is 15.9. The smallest absolute Gasteiger partial charge is 0.257 e. The van der Waals surface area contributed by atoms with Crippen molar-refractivity contribution in [2.24, 2.45) is 4.99 Å². The van der Waals surface area contributed by atoms with Crippen LogP contribution < -0.4 is 20.7 Å². The highest BCUT2D eigenvalue weighted by atomic mass is 16.5. The van der Waals surface area contributed by atoms with Crippen molar-refractivity contribution in [3.63, 3.8) is 0 Å². The molecular weight excluding hydrogens is 388 g/mol. The van der Waals surface area contributed by atoms with Crippen LogP contribution in [0.4, 0.5) is 0 Å². The Morgan fingerprint density at radius 1 is 1.00 bits per heavy atom. The first-order chi connectivity index (χ1) is 15.1. The molecule has 6 nitrogen and oxygen atoms in total. The Kier molecular flexibility index (Phi) is 7.87. The van der Waals surface area contributed by atoms with E-state index in [4.69, 9.17) is 4.74 Å². The van der Waals surface area contributed by atoms with E-state index in [0.29, 0.717) is 24.8 Å². The lowest BCUT2D eigenvalue weighted by Gasteiger charge is -2.19. The van der Waals surface area contributed by atoms with E-state index in [1.807, 2.05) is 31.2 Å². The van der Waals surface area contributed by atoms with E-state index in [1.165, 1.54) is 16.3 Å². The molecule has 162 valence electrons. The molecule has 0 aliphatic carbocycles. The monoisotopic (exact) mass is 418 g/mol. The van der Waals surface area contributed by atoms with Gasteiger partial charge in [-0.15, -0.1) is 0 Å². The molecule has 0 spiro atoms. The number of carbonyl (C=O) groups excluding carboxylic acids is 1. The number of hydrogen-bond donors (Lipinski definition) is 3. The van der Waals surface area contributed by atoms with E-state index >= 15 is 0 Å². The van der Waals surface area contributed by atoms with E-state index in [1.54, 1.807) is 7.05 Å².